The highest BCUT2D eigenvalue weighted by Crippen LogP contribution is 2.23. The third kappa shape index (κ3) is 2.68. The maximum Gasteiger partial charge on any atom is 0.278 e. The zero-order chi connectivity index (χ0) is 14.0. The van der Waals surface area contributed by atoms with E-state index in [1.807, 2.05) is 13.8 Å². The molecule has 0 radical (unpaired) electrons. The van der Waals surface area contributed by atoms with Gasteiger partial charge in [-0.15, -0.1) is 0 Å². The molecular formula is C12H14ClN5O. The van der Waals surface area contributed by atoms with E-state index in [0.717, 1.165) is 5.56 Å². The van der Waals surface area contributed by atoms with E-state index in [1.54, 1.807) is 23.1 Å². The minimum absolute atomic E-state index is 0.182. The number of pyridine rings is 1. The Labute approximate surface area is 115 Å². The summed E-state index contributed by atoms with van der Waals surface area (Å²) in [6, 6.07) is 1.76. The molecule has 2 aromatic heterocycles. The van der Waals surface area contributed by atoms with Crippen LogP contribution in [0.4, 0.5) is 11.4 Å². The normalized spacial score (nSPS) is 10.5. The predicted octanol–water partition coefficient (Wildman–Crippen LogP) is 2.09. The minimum atomic E-state index is -0.400. The first-order valence-corrected chi connectivity index (χ1v) is 6.16. The molecule has 6 nitrogen and oxygen atoms in total. The molecule has 0 aromatic carbocycles. The molecular weight excluding hydrogens is 266 g/mol. The summed E-state index contributed by atoms with van der Waals surface area (Å²) in [5.41, 5.74) is 7.56. The van der Waals surface area contributed by atoms with Gasteiger partial charge in [-0.05, 0) is 25.5 Å². The first kappa shape index (κ1) is 13.4. The highest BCUT2D eigenvalue weighted by atomic mass is 35.5. The first-order valence-electron chi connectivity index (χ1n) is 5.78. The lowest BCUT2D eigenvalue weighted by atomic mass is 10.2. The van der Waals surface area contributed by atoms with Crippen LogP contribution in [0, 0.1) is 6.92 Å². The van der Waals surface area contributed by atoms with Crippen molar-refractivity contribution in [2.45, 2.75) is 20.4 Å². The second kappa shape index (κ2) is 5.27. The predicted molar refractivity (Wildman–Crippen MR) is 74.3 cm³/mol. The largest absolute Gasteiger partial charge is 0.396 e. The monoisotopic (exact) mass is 279 g/mol. The molecule has 0 aliphatic heterocycles. The quantitative estimate of drug-likeness (QED) is 0.843. The molecule has 0 aliphatic rings. The molecule has 2 rings (SSSR count). The summed E-state index contributed by atoms with van der Waals surface area (Å²) < 4.78 is 1.60. The van der Waals surface area contributed by atoms with Gasteiger partial charge < -0.3 is 11.1 Å². The summed E-state index contributed by atoms with van der Waals surface area (Å²) in [5.74, 6) is -0.400. The topological polar surface area (TPSA) is 85.8 Å². The first-order chi connectivity index (χ1) is 9.02. The Morgan fingerprint density at radius 2 is 2.32 bits per heavy atom. The van der Waals surface area contributed by atoms with Crippen molar-refractivity contribution < 1.29 is 4.79 Å². The maximum atomic E-state index is 12.1. The molecule has 2 heterocycles. The lowest BCUT2D eigenvalue weighted by Gasteiger charge is -2.08. The van der Waals surface area contributed by atoms with Gasteiger partial charge in [-0.25, -0.2) is 4.98 Å². The number of rotatable bonds is 3. The van der Waals surface area contributed by atoms with Crippen LogP contribution in [0.15, 0.2) is 18.5 Å². The highest BCUT2D eigenvalue weighted by molar-refractivity contribution is 6.32. The van der Waals surface area contributed by atoms with Crippen molar-refractivity contribution in [3.05, 3.63) is 34.9 Å². The summed E-state index contributed by atoms with van der Waals surface area (Å²) in [7, 11) is 0. The molecule has 7 heteroatoms. The number of hydrogen-bond acceptors (Lipinski definition) is 4. The molecule has 2 aromatic rings. The van der Waals surface area contributed by atoms with Gasteiger partial charge >= 0.3 is 0 Å². The summed E-state index contributed by atoms with van der Waals surface area (Å²) >= 11 is 5.95. The van der Waals surface area contributed by atoms with E-state index in [0.29, 0.717) is 17.9 Å². The van der Waals surface area contributed by atoms with Crippen LogP contribution in [0.2, 0.25) is 5.15 Å². The molecule has 0 bridgehead atoms. The Morgan fingerprint density at radius 1 is 1.58 bits per heavy atom. The number of carbonyl (C=O) groups is 1. The van der Waals surface area contributed by atoms with Crippen LogP contribution in [0.3, 0.4) is 0 Å². The molecule has 0 saturated heterocycles. The molecule has 0 spiro atoms. The third-order valence-corrected chi connectivity index (χ3v) is 2.97. The number of nitrogens with zero attached hydrogens (tertiary/aromatic N) is 3. The van der Waals surface area contributed by atoms with E-state index < -0.39 is 5.91 Å². The Balaban J connectivity index is 2.28. The molecule has 0 aliphatic carbocycles. The van der Waals surface area contributed by atoms with E-state index in [2.05, 4.69) is 15.4 Å². The zero-order valence-corrected chi connectivity index (χ0v) is 11.4. The number of carbonyl (C=O) groups excluding carboxylic acids is 1. The number of anilines is 2. The Morgan fingerprint density at radius 3 is 2.89 bits per heavy atom. The molecule has 100 valence electrons. The highest BCUT2D eigenvalue weighted by Gasteiger charge is 2.17. The van der Waals surface area contributed by atoms with Crippen molar-refractivity contribution in [3.8, 4) is 0 Å². The molecule has 19 heavy (non-hydrogen) atoms. The van der Waals surface area contributed by atoms with Gasteiger partial charge in [0.2, 0.25) is 0 Å². The second-order valence-electron chi connectivity index (χ2n) is 4.04. The van der Waals surface area contributed by atoms with Gasteiger partial charge in [0.05, 0.1) is 11.4 Å². The lowest BCUT2D eigenvalue weighted by Crippen LogP contribution is -2.16. The summed E-state index contributed by atoms with van der Waals surface area (Å²) in [6.45, 7) is 4.39. The minimum Gasteiger partial charge on any atom is -0.396 e. The fraction of sp³-hybridized carbons (Fsp3) is 0.250. The van der Waals surface area contributed by atoms with Gasteiger partial charge in [0, 0.05) is 18.9 Å². The van der Waals surface area contributed by atoms with E-state index >= 15 is 0 Å². The number of aryl methyl sites for hydroxylation is 2. The van der Waals surface area contributed by atoms with Crippen LogP contribution >= 0.6 is 11.6 Å². The molecule has 0 unspecified atom stereocenters. The van der Waals surface area contributed by atoms with Crippen LogP contribution in [0.25, 0.3) is 0 Å². The van der Waals surface area contributed by atoms with Crippen molar-refractivity contribution >= 4 is 28.9 Å². The Kier molecular flexibility index (Phi) is 3.71. The second-order valence-corrected chi connectivity index (χ2v) is 4.39. The van der Waals surface area contributed by atoms with Crippen LogP contribution in [-0.4, -0.2) is 20.7 Å². The van der Waals surface area contributed by atoms with E-state index in [4.69, 9.17) is 17.3 Å². The van der Waals surface area contributed by atoms with Gasteiger partial charge in [0.25, 0.3) is 5.91 Å². The number of nitrogen functional groups attached to an aromatic ring is 1. The molecule has 0 atom stereocenters. The SMILES string of the molecule is CCn1cc(N)c(C(=O)Nc2c(C)ccnc2Cl)n1. The number of amides is 1. The smallest absolute Gasteiger partial charge is 0.278 e. The van der Waals surface area contributed by atoms with Crippen molar-refractivity contribution in [3.63, 3.8) is 0 Å². The van der Waals surface area contributed by atoms with Crippen molar-refractivity contribution in [1.29, 1.82) is 0 Å². The fourth-order valence-electron chi connectivity index (χ4n) is 1.62. The third-order valence-electron chi connectivity index (χ3n) is 2.68. The van der Waals surface area contributed by atoms with Gasteiger partial charge in [-0.1, -0.05) is 11.6 Å². The van der Waals surface area contributed by atoms with Crippen LogP contribution in [0.5, 0.6) is 0 Å². The van der Waals surface area contributed by atoms with Crippen molar-refractivity contribution in [2.24, 2.45) is 0 Å². The zero-order valence-electron chi connectivity index (χ0n) is 10.6. The Hall–Kier alpha value is -2.08. The molecule has 0 saturated carbocycles. The van der Waals surface area contributed by atoms with Crippen LogP contribution in [-0.2, 0) is 6.54 Å². The fourth-order valence-corrected chi connectivity index (χ4v) is 1.88. The molecule has 3 N–H and O–H groups in total. The maximum absolute atomic E-state index is 12.1. The number of nitrogens with one attached hydrogen (secondary N) is 1. The summed E-state index contributed by atoms with van der Waals surface area (Å²) in [5, 5.41) is 7.02. The average Bonchev–Trinajstić information content (AvgIpc) is 2.75. The van der Waals surface area contributed by atoms with Gasteiger partial charge in [0.1, 0.15) is 0 Å². The number of hydrogen-bond donors (Lipinski definition) is 2. The van der Waals surface area contributed by atoms with Crippen LogP contribution in [0.1, 0.15) is 23.0 Å². The van der Waals surface area contributed by atoms with Crippen molar-refractivity contribution in [1.82, 2.24) is 14.8 Å². The Bertz CT molecular complexity index is 602. The summed E-state index contributed by atoms with van der Waals surface area (Å²) in [6.07, 6.45) is 3.19. The molecule has 0 fully saturated rings. The van der Waals surface area contributed by atoms with Gasteiger partial charge in [-0.3, -0.25) is 9.48 Å². The van der Waals surface area contributed by atoms with Crippen molar-refractivity contribution in [2.75, 3.05) is 11.1 Å². The average molecular weight is 280 g/mol. The van der Waals surface area contributed by atoms with Gasteiger partial charge in [-0.2, -0.15) is 5.10 Å². The van der Waals surface area contributed by atoms with Crippen LogP contribution < -0.4 is 11.1 Å². The standard InChI is InChI=1S/C12H14ClN5O/c1-3-18-6-8(14)10(17-18)12(19)16-9-7(2)4-5-15-11(9)13/h4-6H,3,14H2,1-2H3,(H,16,19). The van der Waals surface area contributed by atoms with E-state index in [1.165, 1.54) is 0 Å². The lowest BCUT2D eigenvalue weighted by molar-refractivity contribution is 0.102. The number of halogens is 1. The van der Waals surface area contributed by atoms with Gasteiger partial charge in [0.15, 0.2) is 10.8 Å². The van der Waals surface area contributed by atoms with E-state index in [9.17, 15) is 4.79 Å². The number of nitrogens with two attached hydrogens (primary N) is 1. The molecule has 1 amide bonds. The number of aromatic nitrogens is 3. The van der Waals surface area contributed by atoms with E-state index in [-0.39, 0.29) is 10.8 Å². The summed E-state index contributed by atoms with van der Waals surface area (Å²) in [4.78, 5) is 16.0.